The summed E-state index contributed by atoms with van der Waals surface area (Å²) in [6.07, 6.45) is 5.93. The van der Waals surface area contributed by atoms with Gasteiger partial charge >= 0.3 is 6.03 Å². The van der Waals surface area contributed by atoms with Gasteiger partial charge in [-0.2, -0.15) is 0 Å². The first-order valence-corrected chi connectivity index (χ1v) is 10.2. The Balaban J connectivity index is 1.59. The molecule has 2 aliphatic carbocycles. The summed E-state index contributed by atoms with van der Waals surface area (Å²) >= 11 is 0. The molecule has 2 aromatic carbocycles. The molecule has 0 aromatic heterocycles. The summed E-state index contributed by atoms with van der Waals surface area (Å²) in [6.45, 7) is 0. The number of hydrogen-bond donors (Lipinski definition) is 3. The summed E-state index contributed by atoms with van der Waals surface area (Å²) in [5.74, 6) is -0.0381. The van der Waals surface area contributed by atoms with E-state index in [0.29, 0.717) is 0 Å². The summed E-state index contributed by atoms with van der Waals surface area (Å²) < 4.78 is 26.8. The Kier molecular flexibility index (Phi) is 4.11. The van der Waals surface area contributed by atoms with Gasteiger partial charge in [-0.05, 0) is 85.0 Å². The second-order valence-electron chi connectivity index (χ2n) is 6.79. The standard InChI is InChI=1S/C19H20N2O4S/c22-14-7-9-15(10-8-14)26(24,25)21-19(23)20-18-16-5-1-3-12(16)11-13-4-2-6-17(13)18/h7-11,22H,1-6H2,(H2,20,21,23). The Bertz CT molecular complexity index is 949. The highest BCUT2D eigenvalue weighted by atomic mass is 32.2. The number of hydrogen-bond acceptors (Lipinski definition) is 4. The van der Waals surface area contributed by atoms with E-state index in [9.17, 15) is 18.3 Å². The van der Waals surface area contributed by atoms with Crippen LogP contribution in [-0.2, 0) is 35.7 Å². The van der Waals surface area contributed by atoms with Gasteiger partial charge in [0.1, 0.15) is 5.75 Å². The molecule has 0 atom stereocenters. The number of phenolic OH excluding ortho intramolecular Hbond substituents is 1. The van der Waals surface area contributed by atoms with Gasteiger partial charge in [-0.3, -0.25) is 0 Å². The van der Waals surface area contributed by atoms with Crippen LogP contribution in [0.5, 0.6) is 5.75 Å². The summed E-state index contributed by atoms with van der Waals surface area (Å²) in [4.78, 5) is 12.3. The largest absolute Gasteiger partial charge is 0.508 e. The van der Waals surface area contributed by atoms with Gasteiger partial charge in [-0.1, -0.05) is 6.07 Å². The van der Waals surface area contributed by atoms with Crippen LogP contribution in [-0.4, -0.2) is 19.6 Å². The van der Waals surface area contributed by atoms with E-state index in [2.05, 4.69) is 16.1 Å². The van der Waals surface area contributed by atoms with Crippen molar-refractivity contribution in [1.82, 2.24) is 4.72 Å². The molecule has 0 bridgehead atoms. The molecule has 0 aliphatic heterocycles. The predicted octanol–water partition coefficient (Wildman–Crippen LogP) is 2.88. The molecule has 4 rings (SSSR count). The molecule has 26 heavy (non-hydrogen) atoms. The van der Waals surface area contributed by atoms with Crippen molar-refractivity contribution in [2.45, 2.75) is 43.4 Å². The lowest BCUT2D eigenvalue weighted by atomic mass is 9.99. The molecular formula is C19H20N2O4S. The van der Waals surface area contributed by atoms with Crippen LogP contribution < -0.4 is 10.0 Å². The van der Waals surface area contributed by atoms with Gasteiger partial charge in [0.05, 0.1) is 4.90 Å². The zero-order valence-electron chi connectivity index (χ0n) is 14.2. The highest BCUT2D eigenvalue weighted by Gasteiger charge is 2.26. The van der Waals surface area contributed by atoms with Crippen LogP contribution in [0.15, 0.2) is 35.2 Å². The second-order valence-corrected chi connectivity index (χ2v) is 8.47. The summed E-state index contributed by atoms with van der Waals surface area (Å²) in [5, 5.41) is 12.1. The molecule has 2 aromatic rings. The Morgan fingerprint density at radius 1 is 0.923 bits per heavy atom. The van der Waals surface area contributed by atoms with Crippen LogP contribution in [0.25, 0.3) is 0 Å². The van der Waals surface area contributed by atoms with Gasteiger partial charge in [0.15, 0.2) is 0 Å². The molecule has 3 N–H and O–H groups in total. The number of aromatic hydroxyl groups is 1. The first-order chi connectivity index (χ1) is 12.4. The van der Waals surface area contributed by atoms with Gasteiger partial charge < -0.3 is 10.4 Å². The monoisotopic (exact) mass is 372 g/mol. The molecule has 0 radical (unpaired) electrons. The number of anilines is 1. The van der Waals surface area contributed by atoms with E-state index in [4.69, 9.17) is 0 Å². The van der Waals surface area contributed by atoms with Gasteiger partial charge in [-0.25, -0.2) is 17.9 Å². The highest BCUT2D eigenvalue weighted by Crippen LogP contribution is 2.38. The number of aryl methyl sites for hydroxylation is 2. The molecule has 136 valence electrons. The second kappa shape index (κ2) is 6.32. The molecule has 0 spiro atoms. The van der Waals surface area contributed by atoms with Gasteiger partial charge in [0.2, 0.25) is 0 Å². The van der Waals surface area contributed by atoms with Crippen LogP contribution in [0.2, 0.25) is 0 Å². The minimum absolute atomic E-state index is 0.0381. The van der Waals surface area contributed by atoms with Gasteiger partial charge in [-0.15, -0.1) is 0 Å². The Hall–Kier alpha value is -2.54. The van der Waals surface area contributed by atoms with Gasteiger partial charge in [0, 0.05) is 5.69 Å². The van der Waals surface area contributed by atoms with Crippen LogP contribution in [0.4, 0.5) is 10.5 Å². The van der Waals surface area contributed by atoms with E-state index < -0.39 is 16.1 Å². The van der Waals surface area contributed by atoms with Crippen molar-refractivity contribution in [3.63, 3.8) is 0 Å². The third kappa shape index (κ3) is 3.03. The van der Waals surface area contributed by atoms with E-state index >= 15 is 0 Å². The molecule has 7 heteroatoms. The van der Waals surface area contributed by atoms with Crippen molar-refractivity contribution in [3.05, 3.63) is 52.6 Å². The van der Waals surface area contributed by atoms with E-state index in [1.165, 1.54) is 35.4 Å². The average molecular weight is 372 g/mol. The zero-order chi connectivity index (χ0) is 18.3. The smallest absolute Gasteiger partial charge is 0.333 e. The normalized spacial score (nSPS) is 15.4. The van der Waals surface area contributed by atoms with Gasteiger partial charge in [0.25, 0.3) is 10.0 Å². The Labute approximate surface area is 152 Å². The number of phenols is 1. The third-order valence-corrected chi connectivity index (χ3v) is 6.43. The van der Waals surface area contributed by atoms with Crippen molar-refractivity contribution in [1.29, 1.82) is 0 Å². The average Bonchev–Trinajstić information content (AvgIpc) is 3.23. The number of benzene rings is 2. The van der Waals surface area contributed by atoms with E-state index in [-0.39, 0.29) is 10.6 Å². The first-order valence-electron chi connectivity index (χ1n) is 8.73. The molecule has 0 unspecified atom stereocenters. The van der Waals surface area contributed by atoms with E-state index in [1.807, 2.05) is 0 Å². The molecular weight excluding hydrogens is 352 g/mol. The Morgan fingerprint density at radius 2 is 1.50 bits per heavy atom. The molecule has 0 fully saturated rings. The fraction of sp³-hybridized carbons (Fsp3) is 0.316. The fourth-order valence-electron chi connectivity index (χ4n) is 3.91. The number of rotatable bonds is 3. The quantitative estimate of drug-likeness (QED) is 0.772. The van der Waals surface area contributed by atoms with E-state index in [1.54, 1.807) is 0 Å². The van der Waals surface area contributed by atoms with Crippen LogP contribution in [0.3, 0.4) is 0 Å². The zero-order valence-corrected chi connectivity index (χ0v) is 15.0. The van der Waals surface area contributed by atoms with Crippen LogP contribution in [0, 0.1) is 0 Å². The highest BCUT2D eigenvalue weighted by molar-refractivity contribution is 7.90. The topological polar surface area (TPSA) is 95.5 Å². The maximum Gasteiger partial charge on any atom is 0.333 e. The van der Waals surface area contributed by atoms with Crippen molar-refractivity contribution < 1.29 is 18.3 Å². The predicted molar refractivity (Wildman–Crippen MR) is 97.9 cm³/mol. The lowest BCUT2D eigenvalue weighted by molar-refractivity contribution is 0.256. The summed E-state index contributed by atoms with van der Waals surface area (Å²) in [7, 11) is -4.00. The Morgan fingerprint density at radius 3 is 2.08 bits per heavy atom. The molecule has 0 saturated carbocycles. The van der Waals surface area contributed by atoms with Crippen molar-refractivity contribution in [2.75, 3.05) is 5.32 Å². The SMILES string of the molecule is O=C(Nc1c2c(cc3c1CCC3)CCC2)NS(=O)(=O)c1ccc(O)cc1. The first kappa shape index (κ1) is 16.9. The van der Waals surface area contributed by atoms with Crippen molar-refractivity contribution in [2.24, 2.45) is 0 Å². The molecule has 2 aliphatic rings. The maximum absolute atomic E-state index is 12.4. The summed E-state index contributed by atoms with van der Waals surface area (Å²) in [6, 6.07) is 6.53. The summed E-state index contributed by atoms with van der Waals surface area (Å²) in [5.41, 5.74) is 5.61. The lowest BCUT2D eigenvalue weighted by Gasteiger charge is -2.16. The molecule has 6 nitrogen and oxygen atoms in total. The van der Waals surface area contributed by atoms with Crippen molar-refractivity contribution >= 4 is 21.7 Å². The minimum Gasteiger partial charge on any atom is -0.508 e. The molecule has 2 amide bonds. The lowest BCUT2D eigenvalue weighted by Crippen LogP contribution is -2.35. The van der Waals surface area contributed by atoms with Crippen LogP contribution in [0.1, 0.15) is 35.1 Å². The van der Waals surface area contributed by atoms with Crippen LogP contribution >= 0.6 is 0 Å². The minimum atomic E-state index is -4.00. The number of urea groups is 1. The molecule has 0 heterocycles. The maximum atomic E-state index is 12.4. The number of carbonyl (C=O) groups excluding carboxylic acids is 1. The number of nitrogens with one attached hydrogen (secondary N) is 2. The van der Waals surface area contributed by atoms with Crippen molar-refractivity contribution in [3.8, 4) is 5.75 Å². The van der Waals surface area contributed by atoms with E-state index in [0.717, 1.165) is 55.3 Å². The fourth-order valence-corrected chi connectivity index (χ4v) is 4.82. The number of amides is 2. The number of carbonyl (C=O) groups is 1. The number of fused-ring (bicyclic) bond motifs is 2. The molecule has 0 saturated heterocycles. The number of sulfonamides is 1. The third-order valence-electron chi connectivity index (χ3n) is 5.09.